The molecule has 0 saturated carbocycles. The summed E-state index contributed by atoms with van der Waals surface area (Å²) < 4.78 is 0. The third kappa shape index (κ3) is 13.4. The summed E-state index contributed by atoms with van der Waals surface area (Å²) in [6.07, 6.45) is 3.24. The van der Waals surface area contributed by atoms with E-state index in [0.717, 1.165) is 11.3 Å². The van der Waals surface area contributed by atoms with E-state index in [1.807, 2.05) is 36.4 Å². The maximum atomic E-state index is 4.09. The predicted molar refractivity (Wildman–Crippen MR) is 115 cm³/mol. The summed E-state index contributed by atoms with van der Waals surface area (Å²) in [5, 5.41) is 6.99. The van der Waals surface area contributed by atoms with E-state index >= 15 is 0 Å². The zero-order valence-corrected chi connectivity index (χ0v) is 10.8. The molecule has 1 aromatic heterocycles. The van der Waals surface area contributed by atoms with Gasteiger partial charge in [-0.1, -0.05) is 80.1 Å². The van der Waals surface area contributed by atoms with Gasteiger partial charge in [0.05, 0.1) is 5.69 Å². The molecule has 2 rings (SSSR count). The molecule has 0 fully saturated rings. The molecule has 1 aromatic carbocycles. The number of benzene rings is 1. The van der Waals surface area contributed by atoms with Crippen molar-refractivity contribution in [3.63, 3.8) is 0 Å². The molecule has 0 saturated heterocycles. The van der Waals surface area contributed by atoms with E-state index in [9.17, 15) is 0 Å². The molecular weight excluding hydrogens is 304 g/mol. The Labute approximate surface area is 149 Å². The minimum atomic E-state index is 0. The van der Waals surface area contributed by atoms with Gasteiger partial charge in [-0.25, -0.2) is 4.99 Å². The predicted octanol–water partition coefficient (Wildman–Crippen LogP) is 5.81. The second kappa shape index (κ2) is 25.6. The van der Waals surface area contributed by atoms with Crippen LogP contribution < -0.4 is 18.5 Å². The first-order valence-electron chi connectivity index (χ1n) is 4.66. The Balaban J connectivity index is -0.0000000474. The van der Waals surface area contributed by atoms with Gasteiger partial charge in [-0.3, -0.25) is 5.10 Å². The Hall–Kier alpha value is -2.32. The van der Waals surface area contributed by atoms with Crippen molar-refractivity contribution in [2.45, 2.75) is 37.1 Å². The van der Waals surface area contributed by atoms with Gasteiger partial charge in [-0.2, -0.15) is 5.10 Å². The molecule has 0 aliphatic heterocycles. The number of H-pyrrole nitrogens is 1. The van der Waals surface area contributed by atoms with Crippen molar-refractivity contribution < 1.29 is 5.48 Å². The highest BCUT2D eigenvalue weighted by Gasteiger charge is 2.00. The molecule has 12 N–H and O–H groups in total. The minimum absolute atomic E-state index is 0. The molecule has 24 heavy (non-hydrogen) atoms. The summed E-state index contributed by atoms with van der Waals surface area (Å²) in [7, 11) is 0. The van der Waals surface area contributed by atoms with E-state index in [1.54, 1.807) is 12.3 Å². The van der Waals surface area contributed by atoms with Crippen molar-refractivity contribution in [3.8, 4) is 11.3 Å². The van der Waals surface area contributed by atoms with E-state index in [4.69, 9.17) is 0 Å². The van der Waals surface area contributed by atoms with Crippen LogP contribution in [0.4, 0.5) is 5.82 Å². The third-order valence-corrected chi connectivity index (χ3v) is 1.96. The van der Waals surface area contributed by atoms with Crippen LogP contribution in [0.15, 0.2) is 54.0 Å². The van der Waals surface area contributed by atoms with Crippen LogP contribution in [0.3, 0.4) is 0 Å². The van der Waals surface area contributed by atoms with Gasteiger partial charge in [0.15, 0.2) is 5.82 Å². The molecule has 0 aliphatic carbocycles. The van der Waals surface area contributed by atoms with Crippen LogP contribution >= 0.6 is 0 Å². The highest BCUT2D eigenvalue weighted by Crippen LogP contribution is 2.20. The molecule has 0 aliphatic rings. The van der Waals surface area contributed by atoms with E-state index in [0.29, 0.717) is 5.82 Å². The van der Waals surface area contributed by atoms with Crippen molar-refractivity contribution in [2.24, 2.45) is 4.99 Å². The van der Waals surface area contributed by atoms with Crippen LogP contribution in [-0.4, -0.2) is 21.9 Å². The Bertz CT molecular complexity index is 483. The maximum Gasteiger partial charge on any atom is 0.174 e. The molecule has 0 unspecified atom stereocenters. The number of nitrogens with zero attached hydrogens (tertiary/aromatic N) is 2. The molecule has 2 aromatic rings. The van der Waals surface area contributed by atoms with Gasteiger partial charge in [-0.15, -0.1) is 0 Å². The van der Waals surface area contributed by atoms with Gasteiger partial charge in [0.2, 0.25) is 0 Å². The third-order valence-electron chi connectivity index (χ3n) is 1.96. The van der Waals surface area contributed by atoms with Crippen molar-refractivity contribution >= 4 is 12.0 Å². The van der Waals surface area contributed by atoms with Gasteiger partial charge in [0.25, 0.3) is 0 Å². The van der Waals surface area contributed by atoms with Crippen LogP contribution in [0.5, 0.6) is 0 Å². The van der Waals surface area contributed by atoms with Gasteiger partial charge < -0.3 is 23.9 Å². The number of nitrogens with one attached hydrogen (secondary N) is 1. The SMILES string of the molecule is C.C.C.C.C.C=CC=Nc1cc(-c2ccccc2)[nH]n1.N.N.N.O. The first-order chi connectivity index (χ1) is 7.40. The quantitative estimate of drug-likeness (QED) is 0.512. The number of rotatable bonds is 3. The van der Waals surface area contributed by atoms with Crippen LogP contribution in [-0.2, 0) is 0 Å². The molecule has 0 radical (unpaired) electrons. The van der Waals surface area contributed by atoms with E-state index in [-0.39, 0.29) is 61.1 Å². The molecule has 7 heteroatoms. The molecule has 0 spiro atoms. The minimum Gasteiger partial charge on any atom is -0.412 e. The highest BCUT2D eigenvalue weighted by molar-refractivity contribution is 5.73. The smallest absolute Gasteiger partial charge is 0.174 e. The van der Waals surface area contributed by atoms with E-state index in [1.165, 1.54) is 0 Å². The van der Waals surface area contributed by atoms with Crippen molar-refractivity contribution in [3.05, 3.63) is 49.1 Å². The molecule has 7 nitrogen and oxygen atoms in total. The number of aromatic amines is 1. The Morgan fingerprint density at radius 2 is 1.42 bits per heavy atom. The second-order valence-electron chi connectivity index (χ2n) is 3.02. The normalized spacial score (nSPS) is 6.67. The average molecular weight is 347 g/mol. The first kappa shape index (κ1) is 49.5. The van der Waals surface area contributed by atoms with Crippen LogP contribution in [0.2, 0.25) is 0 Å². The van der Waals surface area contributed by atoms with Crippen molar-refractivity contribution in [1.29, 1.82) is 0 Å². The lowest BCUT2D eigenvalue weighted by molar-refractivity contribution is 0.824. The molecule has 0 amide bonds. The van der Waals surface area contributed by atoms with E-state index in [2.05, 4.69) is 21.8 Å². The average Bonchev–Trinajstić information content (AvgIpc) is 2.76. The van der Waals surface area contributed by atoms with Crippen molar-refractivity contribution in [1.82, 2.24) is 28.6 Å². The number of allylic oxidation sites excluding steroid dienone is 1. The Morgan fingerprint density at radius 1 is 0.917 bits per heavy atom. The fourth-order valence-corrected chi connectivity index (χ4v) is 1.27. The number of aromatic nitrogens is 2. The first-order valence-corrected chi connectivity index (χ1v) is 4.66. The second-order valence-corrected chi connectivity index (χ2v) is 3.02. The van der Waals surface area contributed by atoms with Crippen LogP contribution in [0.25, 0.3) is 11.3 Å². The summed E-state index contributed by atoms with van der Waals surface area (Å²) in [6, 6.07) is 11.9. The summed E-state index contributed by atoms with van der Waals surface area (Å²) in [5.41, 5.74) is 2.07. The number of aliphatic imine (C=N–C) groups is 1. The topological polar surface area (TPSA) is 178 Å². The summed E-state index contributed by atoms with van der Waals surface area (Å²) in [6.45, 7) is 3.55. The zero-order chi connectivity index (χ0) is 10.5. The Morgan fingerprint density at radius 3 is 1.88 bits per heavy atom. The van der Waals surface area contributed by atoms with Gasteiger partial charge >= 0.3 is 0 Å². The van der Waals surface area contributed by atoms with Crippen LogP contribution in [0.1, 0.15) is 37.1 Å². The zero-order valence-electron chi connectivity index (χ0n) is 10.8. The highest BCUT2D eigenvalue weighted by atomic mass is 16.0. The molecular formula is C17H42N6O. The lowest BCUT2D eigenvalue weighted by Crippen LogP contribution is -1.75. The molecule has 0 bridgehead atoms. The van der Waals surface area contributed by atoms with E-state index < -0.39 is 0 Å². The standard InChI is InChI=1S/C12H11N3.5CH4.3H3N.H2O/c1-2-8-13-12-9-11(14-15-12)10-6-4-3-5-7-10;;;;;;;;;/h2-9H,1H2,(H,14,15);5*1H4;3*1H3;1H2. The maximum absolute atomic E-state index is 4.09. The fraction of sp³-hybridized carbons (Fsp3) is 0.294. The van der Waals surface area contributed by atoms with Crippen LogP contribution in [0, 0.1) is 0 Å². The lowest BCUT2D eigenvalue weighted by atomic mass is 10.2. The molecule has 1 heterocycles. The van der Waals surface area contributed by atoms with Crippen molar-refractivity contribution in [2.75, 3.05) is 0 Å². The molecule has 0 atom stereocenters. The number of hydrogen-bond acceptors (Lipinski definition) is 5. The van der Waals surface area contributed by atoms with Gasteiger partial charge in [0.1, 0.15) is 0 Å². The largest absolute Gasteiger partial charge is 0.412 e. The fourth-order valence-electron chi connectivity index (χ4n) is 1.27. The Kier molecular flexibility index (Phi) is 52.9. The van der Waals surface area contributed by atoms with Gasteiger partial charge in [-0.05, 0) is 5.56 Å². The summed E-state index contributed by atoms with van der Waals surface area (Å²) >= 11 is 0. The number of hydrogen-bond donors (Lipinski definition) is 4. The summed E-state index contributed by atoms with van der Waals surface area (Å²) in [4.78, 5) is 4.09. The molecule has 146 valence electrons. The monoisotopic (exact) mass is 346 g/mol. The lowest BCUT2D eigenvalue weighted by Gasteiger charge is -1.93. The van der Waals surface area contributed by atoms with Gasteiger partial charge in [0, 0.05) is 12.3 Å². The summed E-state index contributed by atoms with van der Waals surface area (Å²) in [5.74, 6) is 0.661.